The maximum atomic E-state index is 10.8. The van der Waals surface area contributed by atoms with Crippen molar-refractivity contribution in [2.45, 2.75) is 18.9 Å². The van der Waals surface area contributed by atoms with E-state index in [1.807, 2.05) is 11.8 Å². The van der Waals surface area contributed by atoms with Gasteiger partial charge in [0.25, 0.3) is 0 Å². The molecule has 7 heteroatoms. The molecule has 1 unspecified atom stereocenters. The Labute approximate surface area is 97.6 Å². The Hall–Kier alpha value is -1.24. The monoisotopic (exact) mass is 242 g/mol. The average Bonchev–Trinajstić information content (AvgIpc) is 2.62. The number of hydrogen-bond donors (Lipinski definition) is 1. The van der Waals surface area contributed by atoms with Crippen molar-refractivity contribution in [1.29, 1.82) is 0 Å². The smallest absolute Gasteiger partial charge is 0.361 e. The van der Waals surface area contributed by atoms with E-state index in [4.69, 9.17) is 0 Å². The van der Waals surface area contributed by atoms with Gasteiger partial charge < -0.3 is 15.4 Å². The summed E-state index contributed by atoms with van der Waals surface area (Å²) >= 11 is 1.88. The second kappa shape index (κ2) is 4.73. The quantitative estimate of drug-likeness (QED) is 0.644. The summed E-state index contributed by atoms with van der Waals surface area (Å²) in [6, 6.07) is 0.313. The van der Waals surface area contributed by atoms with Crippen molar-refractivity contribution in [2.75, 3.05) is 16.8 Å². The van der Waals surface area contributed by atoms with Crippen LogP contribution in [0.5, 0.6) is 0 Å². The highest BCUT2D eigenvalue weighted by Gasteiger charge is 2.23. The van der Waals surface area contributed by atoms with E-state index in [2.05, 4.69) is 10.3 Å². The lowest BCUT2D eigenvalue weighted by Gasteiger charge is -2.22. The number of nitrogens with one attached hydrogen (secondary N) is 1. The summed E-state index contributed by atoms with van der Waals surface area (Å²) < 4.78 is 1.66. The molecule has 2 heterocycles. The molecule has 0 amide bonds. The Bertz CT molecular complexity index is 387. The first kappa shape index (κ1) is 11.3. The van der Waals surface area contributed by atoms with Crippen molar-refractivity contribution in [1.82, 2.24) is 9.55 Å². The normalized spacial score (nSPS) is 20.7. The zero-order valence-corrected chi connectivity index (χ0v) is 9.87. The molecule has 1 aliphatic heterocycles. The average molecular weight is 242 g/mol. The Morgan fingerprint density at radius 3 is 3.19 bits per heavy atom. The molecule has 0 saturated carbocycles. The van der Waals surface area contributed by atoms with Gasteiger partial charge in [0, 0.05) is 18.8 Å². The first-order chi connectivity index (χ1) is 7.68. The summed E-state index contributed by atoms with van der Waals surface area (Å²) in [6.45, 7) is 0. The lowest BCUT2D eigenvalue weighted by molar-refractivity contribution is -0.388. The molecule has 1 atom stereocenters. The van der Waals surface area contributed by atoms with Gasteiger partial charge in [-0.3, -0.25) is 4.57 Å². The Morgan fingerprint density at radius 2 is 2.56 bits per heavy atom. The zero-order valence-electron chi connectivity index (χ0n) is 9.05. The number of aryl methyl sites for hydroxylation is 1. The number of thioether (sulfide) groups is 1. The molecule has 1 saturated heterocycles. The summed E-state index contributed by atoms with van der Waals surface area (Å²) in [5.41, 5.74) is 0. The molecule has 1 aliphatic rings. The molecule has 1 fully saturated rings. The van der Waals surface area contributed by atoms with Crippen molar-refractivity contribution < 1.29 is 4.92 Å². The largest absolute Gasteiger partial charge is 0.406 e. The maximum absolute atomic E-state index is 10.8. The number of aromatic nitrogens is 2. The van der Waals surface area contributed by atoms with E-state index in [0.29, 0.717) is 11.9 Å². The van der Waals surface area contributed by atoms with E-state index in [1.165, 1.54) is 12.1 Å². The Kier molecular flexibility index (Phi) is 3.33. The van der Waals surface area contributed by atoms with Crippen LogP contribution in [-0.4, -0.2) is 32.0 Å². The van der Waals surface area contributed by atoms with Crippen LogP contribution in [0.4, 0.5) is 11.6 Å². The number of nitro groups is 1. The molecular weight excluding hydrogens is 228 g/mol. The van der Waals surface area contributed by atoms with Crippen LogP contribution < -0.4 is 5.32 Å². The number of nitrogens with zero attached hydrogens (tertiary/aromatic N) is 3. The van der Waals surface area contributed by atoms with Gasteiger partial charge in [0.15, 0.2) is 0 Å². The van der Waals surface area contributed by atoms with Gasteiger partial charge in [-0.25, -0.2) is 0 Å². The molecule has 0 aliphatic carbocycles. The Morgan fingerprint density at radius 1 is 1.75 bits per heavy atom. The van der Waals surface area contributed by atoms with Gasteiger partial charge in [-0.1, -0.05) is 0 Å². The van der Waals surface area contributed by atoms with E-state index < -0.39 is 4.92 Å². The highest BCUT2D eigenvalue weighted by atomic mass is 32.2. The second-order valence-corrected chi connectivity index (χ2v) is 4.99. The first-order valence-electron chi connectivity index (χ1n) is 5.18. The summed E-state index contributed by atoms with van der Waals surface area (Å²) in [7, 11) is 1.76. The van der Waals surface area contributed by atoms with Gasteiger partial charge in [0.05, 0.1) is 0 Å². The van der Waals surface area contributed by atoms with Crippen LogP contribution in [0.25, 0.3) is 0 Å². The molecule has 0 aromatic carbocycles. The van der Waals surface area contributed by atoms with Crippen LogP contribution in [-0.2, 0) is 7.05 Å². The fourth-order valence-electron chi connectivity index (χ4n) is 1.77. The molecule has 0 bridgehead atoms. The number of rotatable bonds is 3. The molecule has 1 N–H and O–H groups in total. The van der Waals surface area contributed by atoms with Crippen molar-refractivity contribution in [3.8, 4) is 0 Å². The lowest BCUT2D eigenvalue weighted by atomic mass is 10.2. The highest BCUT2D eigenvalue weighted by molar-refractivity contribution is 7.99. The predicted molar refractivity (Wildman–Crippen MR) is 63.8 cm³/mol. The van der Waals surface area contributed by atoms with E-state index in [1.54, 1.807) is 11.6 Å². The molecular formula is C9H14N4O2S. The standard InChI is InChI=1S/C9H14N4O2S/c1-12-6-10-8(13(14)15)9(12)11-7-3-2-4-16-5-7/h6-7,11H,2-5H2,1H3. The topological polar surface area (TPSA) is 73.0 Å². The van der Waals surface area contributed by atoms with Gasteiger partial charge in [0.1, 0.15) is 0 Å². The molecule has 2 rings (SSSR count). The third-order valence-corrected chi connectivity index (χ3v) is 3.81. The van der Waals surface area contributed by atoms with Crippen molar-refractivity contribution >= 4 is 23.4 Å². The second-order valence-electron chi connectivity index (χ2n) is 3.84. The molecule has 1 aromatic heterocycles. The minimum atomic E-state index is -0.446. The summed E-state index contributed by atoms with van der Waals surface area (Å²) in [6.07, 6.45) is 3.69. The van der Waals surface area contributed by atoms with E-state index in [0.717, 1.165) is 18.6 Å². The van der Waals surface area contributed by atoms with Gasteiger partial charge in [0.2, 0.25) is 12.1 Å². The lowest BCUT2D eigenvalue weighted by Crippen LogP contribution is -2.27. The SMILES string of the molecule is Cn1cnc([N+](=O)[O-])c1NC1CCCSC1. The van der Waals surface area contributed by atoms with Crippen LogP contribution in [0, 0.1) is 10.1 Å². The van der Waals surface area contributed by atoms with Crippen LogP contribution in [0.15, 0.2) is 6.33 Å². The predicted octanol–water partition coefficient (Wildman–Crippen LogP) is 1.64. The van der Waals surface area contributed by atoms with Crippen molar-refractivity contribution in [3.63, 3.8) is 0 Å². The van der Waals surface area contributed by atoms with Crippen LogP contribution >= 0.6 is 11.8 Å². The minimum Gasteiger partial charge on any atom is -0.361 e. The fourth-order valence-corrected chi connectivity index (χ4v) is 2.84. The third kappa shape index (κ3) is 2.29. The molecule has 1 aromatic rings. The van der Waals surface area contributed by atoms with Gasteiger partial charge >= 0.3 is 5.82 Å². The molecule has 88 valence electrons. The van der Waals surface area contributed by atoms with Gasteiger partial charge in [-0.05, 0) is 28.5 Å². The molecule has 6 nitrogen and oxygen atoms in total. The number of hydrogen-bond acceptors (Lipinski definition) is 5. The Balaban J connectivity index is 2.12. The first-order valence-corrected chi connectivity index (χ1v) is 6.34. The van der Waals surface area contributed by atoms with Crippen LogP contribution in [0.3, 0.4) is 0 Å². The minimum absolute atomic E-state index is 0.0851. The van der Waals surface area contributed by atoms with Crippen molar-refractivity contribution in [2.24, 2.45) is 7.05 Å². The molecule has 16 heavy (non-hydrogen) atoms. The zero-order chi connectivity index (χ0) is 11.5. The molecule has 0 radical (unpaired) electrons. The van der Waals surface area contributed by atoms with Crippen LogP contribution in [0.1, 0.15) is 12.8 Å². The fraction of sp³-hybridized carbons (Fsp3) is 0.667. The third-order valence-electron chi connectivity index (χ3n) is 2.59. The van der Waals surface area contributed by atoms with Crippen molar-refractivity contribution in [3.05, 3.63) is 16.4 Å². The van der Waals surface area contributed by atoms with Gasteiger partial charge in [-0.2, -0.15) is 11.8 Å². The van der Waals surface area contributed by atoms with E-state index in [-0.39, 0.29) is 5.82 Å². The number of imidazole rings is 1. The van der Waals surface area contributed by atoms with Crippen LogP contribution in [0.2, 0.25) is 0 Å². The van der Waals surface area contributed by atoms with Gasteiger partial charge in [-0.15, -0.1) is 0 Å². The number of anilines is 1. The summed E-state index contributed by atoms with van der Waals surface area (Å²) in [5, 5.41) is 14.0. The molecule has 0 spiro atoms. The van der Waals surface area contributed by atoms with E-state index >= 15 is 0 Å². The highest BCUT2D eigenvalue weighted by Crippen LogP contribution is 2.25. The van der Waals surface area contributed by atoms with E-state index in [9.17, 15) is 10.1 Å². The maximum Gasteiger partial charge on any atom is 0.406 e. The summed E-state index contributed by atoms with van der Waals surface area (Å²) in [5.74, 6) is 2.61. The summed E-state index contributed by atoms with van der Waals surface area (Å²) in [4.78, 5) is 14.1.